The van der Waals surface area contributed by atoms with Crippen LogP contribution in [0.15, 0.2) is 0 Å². The first-order valence-electron chi connectivity index (χ1n) is 2.77. The molecule has 1 nitrogen and oxygen atoms in total. The van der Waals surface area contributed by atoms with Gasteiger partial charge in [0.25, 0.3) is 0 Å². The molecule has 4 heteroatoms. The van der Waals surface area contributed by atoms with Gasteiger partial charge in [0.05, 0.1) is 13.0 Å². The van der Waals surface area contributed by atoms with Crippen LogP contribution < -0.4 is 5.32 Å². The molecule has 0 aliphatic rings. The summed E-state index contributed by atoms with van der Waals surface area (Å²) in [6, 6.07) is 0. The normalized spacial score (nSPS) is 11.0. The third-order valence-electron chi connectivity index (χ3n) is 0.812. The molecule has 0 aromatic carbocycles. The van der Waals surface area contributed by atoms with Crippen LogP contribution in [0.5, 0.6) is 0 Å². The Morgan fingerprint density at radius 1 is 1.40 bits per heavy atom. The molecule has 0 aliphatic carbocycles. The van der Waals surface area contributed by atoms with Gasteiger partial charge < -0.3 is 5.32 Å². The van der Waals surface area contributed by atoms with Crippen LogP contribution in [0, 0.1) is 12.3 Å². The van der Waals surface area contributed by atoms with Gasteiger partial charge in [0.2, 0.25) is 0 Å². The third-order valence-corrected chi connectivity index (χ3v) is 0.812. The molecule has 0 aromatic rings. The lowest BCUT2D eigenvalue weighted by Gasteiger charge is -2.04. The van der Waals surface area contributed by atoms with Crippen molar-refractivity contribution >= 4 is 0 Å². The highest BCUT2D eigenvalue weighted by atomic mass is 19.4. The smallest absolute Gasteiger partial charge is 0.306 e. The van der Waals surface area contributed by atoms with Gasteiger partial charge in [-0.1, -0.05) is 5.92 Å². The zero-order valence-electron chi connectivity index (χ0n) is 5.33. The van der Waals surface area contributed by atoms with E-state index >= 15 is 0 Å². The molecule has 58 valence electrons. The standard InChI is InChI=1S/C6H8F3N/c1-2-4-10-5-3-6(7,8)9/h1,10H,3-5H2. The van der Waals surface area contributed by atoms with E-state index in [4.69, 9.17) is 6.42 Å². The Kier molecular flexibility index (Phi) is 3.89. The van der Waals surface area contributed by atoms with E-state index in [-0.39, 0.29) is 13.1 Å². The van der Waals surface area contributed by atoms with Gasteiger partial charge in [0.15, 0.2) is 0 Å². The Morgan fingerprint density at radius 2 is 2.00 bits per heavy atom. The van der Waals surface area contributed by atoms with E-state index in [0.29, 0.717) is 0 Å². The zero-order chi connectivity index (χ0) is 8.04. The average Bonchev–Trinajstić information content (AvgIpc) is 1.78. The molecule has 0 unspecified atom stereocenters. The van der Waals surface area contributed by atoms with E-state index < -0.39 is 12.6 Å². The Balaban J connectivity index is 3.14. The number of rotatable bonds is 3. The van der Waals surface area contributed by atoms with E-state index in [2.05, 4.69) is 11.2 Å². The number of hydrogen-bond acceptors (Lipinski definition) is 1. The maximum absolute atomic E-state index is 11.4. The monoisotopic (exact) mass is 151 g/mol. The Morgan fingerprint density at radius 3 is 2.40 bits per heavy atom. The second-order valence-electron chi connectivity index (χ2n) is 1.75. The van der Waals surface area contributed by atoms with E-state index in [0.717, 1.165) is 0 Å². The first-order chi connectivity index (χ1) is 4.56. The van der Waals surface area contributed by atoms with E-state index in [1.54, 1.807) is 0 Å². The van der Waals surface area contributed by atoms with Crippen LogP contribution in [0.2, 0.25) is 0 Å². The van der Waals surface area contributed by atoms with Crippen LogP contribution in [0.3, 0.4) is 0 Å². The predicted molar refractivity (Wildman–Crippen MR) is 32.4 cm³/mol. The van der Waals surface area contributed by atoms with Crippen LogP contribution in [0.25, 0.3) is 0 Å². The molecule has 0 bridgehead atoms. The molecule has 0 radical (unpaired) electrons. The Hall–Kier alpha value is -0.690. The summed E-state index contributed by atoms with van der Waals surface area (Å²) in [4.78, 5) is 0. The van der Waals surface area contributed by atoms with Gasteiger partial charge in [-0.2, -0.15) is 13.2 Å². The van der Waals surface area contributed by atoms with Crippen molar-refractivity contribution in [2.24, 2.45) is 0 Å². The molecule has 0 atom stereocenters. The SMILES string of the molecule is C#CCNCCC(F)(F)F. The van der Waals surface area contributed by atoms with E-state index in [1.165, 1.54) is 0 Å². The summed E-state index contributed by atoms with van der Waals surface area (Å²) in [5.74, 6) is 2.18. The molecule has 0 rings (SSSR count). The summed E-state index contributed by atoms with van der Waals surface area (Å²) in [7, 11) is 0. The van der Waals surface area contributed by atoms with Gasteiger partial charge >= 0.3 is 6.18 Å². The molecule has 0 heterocycles. The minimum atomic E-state index is -4.08. The molecular weight excluding hydrogens is 143 g/mol. The predicted octanol–water partition coefficient (Wildman–Crippen LogP) is 1.16. The topological polar surface area (TPSA) is 12.0 Å². The fourth-order valence-electron chi connectivity index (χ4n) is 0.391. The van der Waals surface area contributed by atoms with Crippen molar-refractivity contribution in [3.8, 4) is 12.3 Å². The zero-order valence-corrected chi connectivity index (χ0v) is 5.33. The number of alkyl halides is 3. The molecule has 0 amide bonds. The molecule has 10 heavy (non-hydrogen) atoms. The second-order valence-corrected chi connectivity index (χ2v) is 1.75. The maximum atomic E-state index is 11.4. The quantitative estimate of drug-likeness (QED) is 0.471. The summed E-state index contributed by atoms with van der Waals surface area (Å²) in [5.41, 5.74) is 0. The Labute approximate surface area is 57.6 Å². The van der Waals surface area contributed by atoms with Crippen molar-refractivity contribution in [3.05, 3.63) is 0 Å². The van der Waals surface area contributed by atoms with Gasteiger partial charge in [-0.3, -0.25) is 0 Å². The molecule has 0 saturated heterocycles. The van der Waals surface area contributed by atoms with Gasteiger partial charge in [0, 0.05) is 6.54 Å². The highest BCUT2D eigenvalue weighted by molar-refractivity contribution is 4.86. The number of nitrogens with one attached hydrogen (secondary N) is 1. The number of terminal acetylenes is 1. The largest absolute Gasteiger partial charge is 0.390 e. The summed E-state index contributed by atoms with van der Waals surface area (Å²) in [6.07, 6.45) is -0.122. The van der Waals surface area contributed by atoms with Crippen molar-refractivity contribution in [3.63, 3.8) is 0 Å². The van der Waals surface area contributed by atoms with Gasteiger partial charge in [-0.05, 0) is 0 Å². The second kappa shape index (κ2) is 4.18. The van der Waals surface area contributed by atoms with Gasteiger partial charge in [-0.15, -0.1) is 6.42 Å². The molecule has 0 saturated carbocycles. The summed E-state index contributed by atoms with van der Waals surface area (Å²) in [6.45, 7) is 0.0871. The lowest BCUT2D eigenvalue weighted by Crippen LogP contribution is -2.21. The van der Waals surface area contributed by atoms with Crippen molar-refractivity contribution in [2.45, 2.75) is 12.6 Å². The van der Waals surface area contributed by atoms with Crippen LogP contribution >= 0.6 is 0 Å². The minimum Gasteiger partial charge on any atom is -0.306 e. The van der Waals surface area contributed by atoms with Gasteiger partial charge in [0.1, 0.15) is 0 Å². The molecule has 1 N–H and O–H groups in total. The lowest BCUT2D eigenvalue weighted by atomic mass is 10.4. The van der Waals surface area contributed by atoms with Gasteiger partial charge in [-0.25, -0.2) is 0 Å². The van der Waals surface area contributed by atoms with Crippen molar-refractivity contribution in [1.29, 1.82) is 0 Å². The number of hydrogen-bond donors (Lipinski definition) is 1. The van der Waals surface area contributed by atoms with Crippen LogP contribution in [-0.4, -0.2) is 19.3 Å². The lowest BCUT2D eigenvalue weighted by molar-refractivity contribution is -0.133. The summed E-state index contributed by atoms with van der Waals surface area (Å²) < 4.78 is 34.2. The van der Waals surface area contributed by atoms with Crippen LogP contribution in [0.4, 0.5) is 13.2 Å². The van der Waals surface area contributed by atoms with Crippen molar-refractivity contribution in [2.75, 3.05) is 13.1 Å². The molecule has 0 aromatic heterocycles. The summed E-state index contributed by atoms with van der Waals surface area (Å²) >= 11 is 0. The highest BCUT2D eigenvalue weighted by Crippen LogP contribution is 2.17. The molecule has 0 spiro atoms. The molecular formula is C6H8F3N. The highest BCUT2D eigenvalue weighted by Gasteiger charge is 2.25. The number of halogens is 3. The first-order valence-corrected chi connectivity index (χ1v) is 2.77. The maximum Gasteiger partial charge on any atom is 0.390 e. The van der Waals surface area contributed by atoms with Crippen molar-refractivity contribution < 1.29 is 13.2 Å². The minimum absolute atomic E-state index is 0.103. The fraction of sp³-hybridized carbons (Fsp3) is 0.667. The first kappa shape index (κ1) is 9.31. The fourth-order valence-corrected chi connectivity index (χ4v) is 0.391. The summed E-state index contributed by atoms with van der Waals surface area (Å²) in [5, 5.41) is 2.44. The van der Waals surface area contributed by atoms with Crippen LogP contribution in [0.1, 0.15) is 6.42 Å². The van der Waals surface area contributed by atoms with Crippen LogP contribution in [-0.2, 0) is 0 Å². The average molecular weight is 151 g/mol. The Bertz CT molecular complexity index is 122. The van der Waals surface area contributed by atoms with E-state index in [1.807, 2.05) is 0 Å². The van der Waals surface area contributed by atoms with E-state index in [9.17, 15) is 13.2 Å². The molecule has 0 fully saturated rings. The van der Waals surface area contributed by atoms with Crippen molar-refractivity contribution in [1.82, 2.24) is 5.32 Å². The molecule has 0 aliphatic heterocycles. The third kappa shape index (κ3) is 7.31.